The Kier molecular flexibility index (Phi) is 7.56. The molecule has 1 aromatic carbocycles. The molecule has 1 rings (SSSR count). The average molecular weight is 368 g/mol. The van der Waals surface area contributed by atoms with Gasteiger partial charge in [0.25, 0.3) is 0 Å². The van der Waals surface area contributed by atoms with E-state index in [0.717, 1.165) is 23.1 Å². The highest BCUT2D eigenvalue weighted by Crippen LogP contribution is 2.33. The van der Waals surface area contributed by atoms with Gasteiger partial charge in [-0.05, 0) is 43.0 Å². The van der Waals surface area contributed by atoms with E-state index in [1.54, 1.807) is 0 Å². The van der Waals surface area contributed by atoms with Crippen molar-refractivity contribution in [3.63, 3.8) is 0 Å². The first-order chi connectivity index (χ1) is 9.01. The summed E-state index contributed by atoms with van der Waals surface area (Å²) in [4.78, 5) is 0. The van der Waals surface area contributed by atoms with Gasteiger partial charge >= 0.3 is 0 Å². The van der Waals surface area contributed by atoms with Crippen molar-refractivity contribution in [1.82, 2.24) is 0 Å². The SMILES string of the molecule is CC(C)CC(CCl)(CCl)CCOc1ccc(Br)cc1. The van der Waals surface area contributed by atoms with Crippen LogP contribution in [0.4, 0.5) is 0 Å². The second-order valence-corrected chi connectivity index (χ2v) is 6.87. The average Bonchev–Trinajstić information content (AvgIpc) is 2.39. The molecule has 0 heterocycles. The predicted octanol–water partition coefficient (Wildman–Crippen LogP) is 5.73. The lowest BCUT2D eigenvalue weighted by Gasteiger charge is -2.31. The number of rotatable bonds is 8. The maximum Gasteiger partial charge on any atom is 0.119 e. The van der Waals surface area contributed by atoms with Gasteiger partial charge in [0.15, 0.2) is 0 Å². The zero-order chi connectivity index (χ0) is 14.3. The summed E-state index contributed by atoms with van der Waals surface area (Å²) in [6.07, 6.45) is 1.91. The Morgan fingerprint density at radius 3 is 2.21 bits per heavy atom. The second kappa shape index (κ2) is 8.39. The third-order valence-electron chi connectivity index (χ3n) is 3.12. The normalized spacial score (nSPS) is 11.9. The van der Waals surface area contributed by atoms with Crippen LogP contribution in [0.2, 0.25) is 0 Å². The van der Waals surface area contributed by atoms with E-state index < -0.39 is 0 Å². The first-order valence-corrected chi connectivity index (χ1v) is 8.38. The van der Waals surface area contributed by atoms with Crippen LogP contribution >= 0.6 is 39.1 Å². The summed E-state index contributed by atoms with van der Waals surface area (Å²) in [5, 5.41) is 0. The highest BCUT2D eigenvalue weighted by molar-refractivity contribution is 9.10. The van der Waals surface area contributed by atoms with E-state index in [0.29, 0.717) is 24.3 Å². The topological polar surface area (TPSA) is 9.23 Å². The van der Waals surface area contributed by atoms with Crippen molar-refractivity contribution in [2.75, 3.05) is 18.4 Å². The number of hydrogen-bond acceptors (Lipinski definition) is 1. The van der Waals surface area contributed by atoms with Crippen molar-refractivity contribution in [3.05, 3.63) is 28.7 Å². The molecule has 0 atom stereocenters. The molecule has 0 saturated carbocycles. The summed E-state index contributed by atoms with van der Waals surface area (Å²) >= 11 is 15.7. The fourth-order valence-corrected chi connectivity index (χ4v) is 3.20. The lowest BCUT2D eigenvalue weighted by atomic mass is 9.81. The number of benzene rings is 1. The van der Waals surface area contributed by atoms with Gasteiger partial charge in [-0.1, -0.05) is 29.8 Å². The first kappa shape index (κ1) is 17.1. The van der Waals surface area contributed by atoms with Crippen molar-refractivity contribution in [1.29, 1.82) is 0 Å². The van der Waals surface area contributed by atoms with E-state index >= 15 is 0 Å². The first-order valence-electron chi connectivity index (χ1n) is 6.51. The molecule has 19 heavy (non-hydrogen) atoms. The summed E-state index contributed by atoms with van der Waals surface area (Å²) in [7, 11) is 0. The fourth-order valence-electron chi connectivity index (χ4n) is 2.16. The van der Waals surface area contributed by atoms with Gasteiger partial charge in [0.2, 0.25) is 0 Å². The van der Waals surface area contributed by atoms with E-state index in [9.17, 15) is 0 Å². The minimum Gasteiger partial charge on any atom is -0.494 e. The van der Waals surface area contributed by atoms with Crippen LogP contribution in [0.25, 0.3) is 0 Å². The Labute approximate surface area is 134 Å². The van der Waals surface area contributed by atoms with Crippen LogP contribution in [-0.2, 0) is 0 Å². The van der Waals surface area contributed by atoms with Gasteiger partial charge in [0.1, 0.15) is 5.75 Å². The van der Waals surface area contributed by atoms with Crippen LogP contribution in [0.5, 0.6) is 5.75 Å². The summed E-state index contributed by atoms with van der Waals surface area (Å²) in [5.41, 5.74) is -0.0212. The molecular formula is C15H21BrCl2O. The highest BCUT2D eigenvalue weighted by Gasteiger charge is 2.29. The number of ether oxygens (including phenoxy) is 1. The predicted molar refractivity (Wildman–Crippen MR) is 87.6 cm³/mol. The fraction of sp³-hybridized carbons (Fsp3) is 0.600. The van der Waals surface area contributed by atoms with E-state index in [1.165, 1.54) is 0 Å². The maximum absolute atomic E-state index is 6.12. The molecule has 0 aliphatic rings. The second-order valence-electron chi connectivity index (χ2n) is 5.42. The van der Waals surface area contributed by atoms with Gasteiger partial charge in [-0.15, -0.1) is 23.2 Å². The van der Waals surface area contributed by atoms with E-state index in [-0.39, 0.29) is 5.41 Å². The molecule has 0 aliphatic heterocycles. The molecular weight excluding hydrogens is 347 g/mol. The van der Waals surface area contributed by atoms with Crippen molar-refractivity contribution in [2.45, 2.75) is 26.7 Å². The zero-order valence-corrected chi connectivity index (χ0v) is 14.6. The van der Waals surface area contributed by atoms with Crippen LogP contribution in [0.15, 0.2) is 28.7 Å². The molecule has 0 radical (unpaired) electrons. The van der Waals surface area contributed by atoms with Crippen LogP contribution in [0.1, 0.15) is 26.7 Å². The number of hydrogen-bond donors (Lipinski definition) is 0. The molecule has 0 spiro atoms. The molecule has 1 aromatic rings. The molecule has 0 fully saturated rings. The number of halogens is 3. The Balaban J connectivity index is 2.50. The van der Waals surface area contributed by atoms with E-state index in [4.69, 9.17) is 27.9 Å². The largest absolute Gasteiger partial charge is 0.494 e. The van der Waals surface area contributed by atoms with Gasteiger partial charge in [-0.2, -0.15) is 0 Å². The molecule has 4 heteroatoms. The standard InChI is InChI=1S/C15H21BrCl2O/c1-12(2)9-15(10-17,11-18)7-8-19-14-5-3-13(16)4-6-14/h3-6,12H,7-11H2,1-2H3. The summed E-state index contributed by atoms with van der Waals surface area (Å²) in [6.45, 7) is 5.04. The Hall–Kier alpha value is 0.0800. The Morgan fingerprint density at radius 2 is 1.74 bits per heavy atom. The van der Waals surface area contributed by atoms with Crippen LogP contribution in [0, 0.1) is 11.3 Å². The van der Waals surface area contributed by atoms with Crippen molar-refractivity contribution in [3.8, 4) is 5.75 Å². The Morgan fingerprint density at radius 1 is 1.16 bits per heavy atom. The lowest BCUT2D eigenvalue weighted by molar-refractivity contribution is 0.205. The van der Waals surface area contributed by atoms with E-state index in [2.05, 4.69) is 29.8 Å². The third kappa shape index (κ3) is 5.93. The highest BCUT2D eigenvalue weighted by atomic mass is 79.9. The van der Waals surface area contributed by atoms with Gasteiger partial charge in [0, 0.05) is 21.6 Å². The van der Waals surface area contributed by atoms with Crippen molar-refractivity contribution >= 4 is 39.1 Å². The summed E-state index contributed by atoms with van der Waals surface area (Å²) < 4.78 is 6.82. The molecule has 0 aromatic heterocycles. The molecule has 0 bridgehead atoms. The van der Waals surface area contributed by atoms with Gasteiger partial charge in [-0.25, -0.2) is 0 Å². The molecule has 0 N–H and O–H groups in total. The Bertz CT molecular complexity index is 361. The third-order valence-corrected chi connectivity index (χ3v) is 4.79. The van der Waals surface area contributed by atoms with Crippen LogP contribution in [-0.4, -0.2) is 18.4 Å². The zero-order valence-electron chi connectivity index (χ0n) is 11.5. The van der Waals surface area contributed by atoms with Crippen LogP contribution in [0.3, 0.4) is 0 Å². The van der Waals surface area contributed by atoms with Crippen LogP contribution < -0.4 is 4.74 Å². The molecule has 0 unspecified atom stereocenters. The van der Waals surface area contributed by atoms with Crippen molar-refractivity contribution in [2.24, 2.45) is 11.3 Å². The molecule has 0 aliphatic carbocycles. The van der Waals surface area contributed by atoms with Gasteiger partial charge in [0.05, 0.1) is 6.61 Å². The molecule has 0 saturated heterocycles. The summed E-state index contributed by atoms with van der Waals surface area (Å²) in [5.74, 6) is 2.63. The number of alkyl halides is 2. The summed E-state index contributed by atoms with van der Waals surface area (Å²) in [6, 6.07) is 7.85. The smallest absolute Gasteiger partial charge is 0.119 e. The van der Waals surface area contributed by atoms with Gasteiger partial charge in [-0.3, -0.25) is 0 Å². The monoisotopic (exact) mass is 366 g/mol. The minimum absolute atomic E-state index is 0.0212. The maximum atomic E-state index is 6.12. The minimum atomic E-state index is -0.0212. The molecule has 0 amide bonds. The lowest BCUT2D eigenvalue weighted by Crippen LogP contribution is -2.29. The van der Waals surface area contributed by atoms with Crippen molar-refractivity contribution < 1.29 is 4.74 Å². The van der Waals surface area contributed by atoms with E-state index in [1.807, 2.05) is 24.3 Å². The quantitative estimate of drug-likeness (QED) is 0.533. The molecule has 1 nitrogen and oxygen atoms in total. The van der Waals surface area contributed by atoms with Gasteiger partial charge < -0.3 is 4.74 Å². The molecule has 108 valence electrons.